The first-order valence-electron chi connectivity index (χ1n) is 9.69. The lowest BCUT2D eigenvalue weighted by atomic mass is 9.99. The van der Waals surface area contributed by atoms with Crippen LogP contribution in [0.5, 0.6) is 0 Å². The Kier molecular flexibility index (Phi) is 5.30. The van der Waals surface area contributed by atoms with Crippen LogP contribution < -0.4 is 10.9 Å². The van der Waals surface area contributed by atoms with Crippen LogP contribution >= 0.6 is 0 Å². The van der Waals surface area contributed by atoms with Crippen molar-refractivity contribution in [3.63, 3.8) is 0 Å². The van der Waals surface area contributed by atoms with Gasteiger partial charge < -0.3 is 9.88 Å². The summed E-state index contributed by atoms with van der Waals surface area (Å²) in [6.07, 6.45) is 1.69. The molecule has 0 bridgehead atoms. The monoisotopic (exact) mass is 437 g/mol. The van der Waals surface area contributed by atoms with E-state index in [0.29, 0.717) is 28.9 Å². The van der Waals surface area contributed by atoms with Crippen LogP contribution in [0.3, 0.4) is 0 Å². The van der Waals surface area contributed by atoms with Gasteiger partial charge in [-0.25, -0.2) is 13.2 Å². The molecular formula is C24H18F3N3O2. The third-order valence-corrected chi connectivity index (χ3v) is 5.28. The van der Waals surface area contributed by atoms with Crippen LogP contribution in [0, 0.1) is 31.3 Å². The maximum atomic E-state index is 13.5. The van der Waals surface area contributed by atoms with E-state index >= 15 is 0 Å². The molecule has 2 aromatic carbocycles. The fourth-order valence-electron chi connectivity index (χ4n) is 3.54. The molecule has 0 unspecified atom stereocenters. The molecule has 0 radical (unpaired) electrons. The maximum absolute atomic E-state index is 13.5. The molecular weight excluding hydrogens is 419 g/mol. The van der Waals surface area contributed by atoms with E-state index in [1.54, 1.807) is 37.5 Å². The van der Waals surface area contributed by atoms with Crippen LogP contribution in [0.15, 0.2) is 53.5 Å². The SMILES string of the molecule is Cc1cc2c(cn1)cc(-c1cc(NC(=O)c3cc(F)c(F)c(F)c3)ccc1C)c(=O)n2C. The summed E-state index contributed by atoms with van der Waals surface area (Å²) >= 11 is 0. The zero-order valence-corrected chi connectivity index (χ0v) is 17.5. The number of anilines is 1. The number of aryl methyl sites for hydroxylation is 3. The van der Waals surface area contributed by atoms with E-state index < -0.39 is 23.4 Å². The molecule has 0 fully saturated rings. The fourth-order valence-corrected chi connectivity index (χ4v) is 3.54. The molecule has 2 aromatic heterocycles. The fraction of sp³-hybridized carbons (Fsp3) is 0.125. The summed E-state index contributed by atoms with van der Waals surface area (Å²) in [5, 5.41) is 3.31. The lowest BCUT2D eigenvalue weighted by Crippen LogP contribution is -2.19. The molecule has 0 aliphatic carbocycles. The molecule has 1 amide bonds. The lowest BCUT2D eigenvalue weighted by Gasteiger charge is -2.13. The molecule has 0 aliphatic rings. The Morgan fingerprint density at radius 2 is 1.66 bits per heavy atom. The summed E-state index contributed by atoms with van der Waals surface area (Å²) in [5.41, 5.74) is 3.04. The summed E-state index contributed by atoms with van der Waals surface area (Å²) in [7, 11) is 1.67. The molecule has 0 atom stereocenters. The van der Waals surface area contributed by atoms with Gasteiger partial charge in [0.2, 0.25) is 0 Å². The van der Waals surface area contributed by atoms with Crippen molar-refractivity contribution in [1.82, 2.24) is 9.55 Å². The predicted octanol–water partition coefficient (Wildman–Crippen LogP) is 4.89. The second kappa shape index (κ2) is 7.96. The van der Waals surface area contributed by atoms with E-state index in [1.165, 1.54) is 4.57 Å². The number of nitrogens with zero attached hydrogens (tertiary/aromatic N) is 2. The molecule has 0 aliphatic heterocycles. The highest BCUT2D eigenvalue weighted by molar-refractivity contribution is 6.04. The zero-order valence-electron chi connectivity index (χ0n) is 17.5. The highest BCUT2D eigenvalue weighted by atomic mass is 19.2. The van der Waals surface area contributed by atoms with Crippen LogP contribution in [-0.4, -0.2) is 15.5 Å². The Hall–Kier alpha value is -3.94. The molecule has 0 saturated carbocycles. The standard InChI is InChI=1S/C24H18F3N3O2/c1-12-4-5-16(29-23(31)14-8-19(25)22(27)20(26)9-14)10-17(12)18-7-15-11-28-13(2)6-21(15)30(3)24(18)32/h4-11H,1-3H3,(H,29,31). The number of hydrogen-bond acceptors (Lipinski definition) is 3. The van der Waals surface area contributed by atoms with Gasteiger partial charge in [0.1, 0.15) is 0 Å². The summed E-state index contributed by atoms with van der Waals surface area (Å²) in [4.78, 5) is 29.8. The Bertz CT molecular complexity index is 1440. The molecule has 5 nitrogen and oxygen atoms in total. The van der Waals surface area contributed by atoms with E-state index in [1.807, 2.05) is 19.9 Å². The van der Waals surface area contributed by atoms with Crippen molar-refractivity contribution in [2.75, 3.05) is 5.32 Å². The van der Waals surface area contributed by atoms with Crippen LogP contribution in [0.25, 0.3) is 22.0 Å². The van der Waals surface area contributed by atoms with Gasteiger partial charge in [-0.1, -0.05) is 6.07 Å². The van der Waals surface area contributed by atoms with Crippen molar-refractivity contribution in [3.05, 3.63) is 93.3 Å². The van der Waals surface area contributed by atoms with E-state index in [2.05, 4.69) is 10.3 Å². The van der Waals surface area contributed by atoms with Crippen LogP contribution in [0.2, 0.25) is 0 Å². The average molecular weight is 437 g/mol. The van der Waals surface area contributed by atoms with Gasteiger partial charge in [-0.05, 0) is 61.4 Å². The number of fused-ring (bicyclic) bond motifs is 1. The number of benzene rings is 2. The maximum Gasteiger partial charge on any atom is 0.258 e. The summed E-state index contributed by atoms with van der Waals surface area (Å²) < 4.78 is 41.7. The van der Waals surface area contributed by atoms with E-state index in [4.69, 9.17) is 0 Å². The summed E-state index contributed by atoms with van der Waals surface area (Å²) in [6, 6.07) is 9.73. The van der Waals surface area contributed by atoms with Crippen LogP contribution in [-0.2, 0) is 7.05 Å². The van der Waals surface area contributed by atoms with Crippen molar-refractivity contribution in [1.29, 1.82) is 0 Å². The van der Waals surface area contributed by atoms with Gasteiger partial charge in [0.05, 0.1) is 5.52 Å². The third kappa shape index (κ3) is 3.75. The van der Waals surface area contributed by atoms with Gasteiger partial charge in [-0.2, -0.15) is 0 Å². The van der Waals surface area contributed by atoms with Gasteiger partial charge in [0, 0.05) is 41.1 Å². The van der Waals surface area contributed by atoms with E-state index in [0.717, 1.165) is 22.2 Å². The number of rotatable bonds is 3. The second-order valence-corrected chi connectivity index (χ2v) is 7.54. The Balaban J connectivity index is 1.76. The van der Waals surface area contributed by atoms with Crippen molar-refractivity contribution >= 4 is 22.5 Å². The summed E-state index contributed by atoms with van der Waals surface area (Å²) in [6.45, 7) is 3.66. The largest absolute Gasteiger partial charge is 0.322 e. The van der Waals surface area contributed by atoms with Crippen molar-refractivity contribution in [2.24, 2.45) is 7.05 Å². The number of aromatic nitrogens is 2. The molecule has 4 aromatic rings. The minimum absolute atomic E-state index is 0.225. The van der Waals surface area contributed by atoms with Crippen molar-refractivity contribution in [3.8, 4) is 11.1 Å². The third-order valence-electron chi connectivity index (χ3n) is 5.28. The molecule has 4 rings (SSSR count). The zero-order chi connectivity index (χ0) is 23.2. The number of hydrogen-bond donors (Lipinski definition) is 1. The first-order chi connectivity index (χ1) is 15.2. The number of pyridine rings is 2. The second-order valence-electron chi connectivity index (χ2n) is 7.54. The number of nitrogens with one attached hydrogen (secondary N) is 1. The highest BCUT2D eigenvalue weighted by Gasteiger charge is 2.17. The quantitative estimate of drug-likeness (QED) is 0.465. The molecule has 0 spiro atoms. The Morgan fingerprint density at radius 3 is 2.34 bits per heavy atom. The molecule has 8 heteroatoms. The summed E-state index contributed by atoms with van der Waals surface area (Å²) in [5.74, 6) is -5.37. The number of halogens is 3. The number of carbonyl (C=O) groups excluding carboxylic acids is 1. The molecule has 32 heavy (non-hydrogen) atoms. The van der Waals surface area contributed by atoms with Gasteiger partial charge in [-0.15, -0.1) is 0 Å². The van der Waals surface area contributed by atoms with E-state index in [-0.39, 0.29) is 11.1 Å². The van der Waals surface area contributed by atoms with E-state index in [9.17, 15) is 22.8 Å². The van der Waals surface area contributed by atoms with Crippen LogP contribution in [0.4, 0.5) is 18.9 Å². The molecule has 162 valence electrons. The Labute approximate surface area is 181 Å². The molecule has 2 heterocycles. The number of carbonyl (C=O) groups is 1. The number of amides is 1. The normalized spacial score (nSPS) is 11.1. The smallest absolute Gasteiger partial charge is 0.258 e. The van der Waals surface area contributed by atoms with Gasteiger partial charge in [0.15, 0.2) is 17.5 Å². The average Bonchev–Trinajstić information content (AvgIpc) is 2.76. The van der Waals surface area contributed by atoms with Gasteiger partial charge >= 0.3 is 0 Å². The Morgan fingerprint density at radius 1 is 0.969 bits per heavy atom. The minimum atomic E-state index is -1.64. The molecule has 0 saturated heterocycles. The van der Waals surface area contributed by atoms with Gasteiger partial charge in [-0.3, -0.25) is 14.6 Å². The molecule has 1 N–H and O–H groups in total. The first kappa shape index (κ1) is 21.3. The van der Waals surface area contributed by atoms with Crippen molar-refractivity contribution < 1.29 is 18.0 Å². The minimum Gasteiger partial charge on any atom is -0.322 e. The predicted molar refractivity (Wildman–Crippen MR) is 116 cm³/mol. The topological polar surface area (TPSA) is 64.0 Å². The highest BCUT2D eigenvalue weighted by Crippen LogP contribution is 2.27. The van der Waals surface area contributed by atoms with Gasteiger partial charge in [0.25, 0.3) is 11.5 Å². The first-order valence-corrected chi connectivity index (χ1v) is 9.69. The van der Waals surface area contributed by atoms with Crippen molar-refractivity contribution in [2.45, 2.75) is 13.8 Å². The lowest BCUT2D eigenvalue weighted by molar-refractivity contribution is 0.102. The van der Waals surface area contributed by atoms with Crippen LogP contribution in [0.1, 0.15) is 21.6 Å².